The molecular formula is C17H22BrN3O3S2. The van der Waals surface area contributed by atoms with E-state index in [1.807, 2.05) is 6.07 Å². The molecule has 2 atom stereocenters. The van der Waals surface area contributed by atoms with Crippen molar-refractivity contribution in [2.45, 2.75) is 30.1 Å². The standard InChI is InChI=1S/C17H22BrN3O3S2/c1-11-9-21(10-12(2)19-11)14-8-13(4-5-15(14)24-3)20-26(22,23)17-7-6-16(18)25-17/h4-8,11-12,19-20H,9-10H2,1-3H3/t11-,12+. The number of halogens is 1. The molecular weight excluding hydrogens is 438 g/mol. The van der Waals surface area contributed by atoms with Crippen LogP contribution in [-0.4, -0.2) is 40.7 Å². The fourth-order valence-electron chi connectivity index (χ4n) is 3.17. The molecule has 0 radical (unpaired) electrons. The van der Waals surface area contributed by atoms with E-state index in [1.165, 1.54) is 11.3 Å². The van der Waals surface area contributed by atoms with Crippen LogP contribution in [0.3, 0.4) is 0 Å². The number of ether oxygens (including phenoxy) is 1. The van der Waals surface area contributed by atoms with Gasteiger partial charge in [-0.05, 0) is 60.1 Å². The number of methoxy groups -OCH3 is 1. The molecule has 1 aromatic heterocycles. The number of rotatable bonds is 5. The molecule has 0 unspecified atom stereocenters. The first-order valence-electron chi connectivity index (χ1n) is 8.25. The smallest absolute Gasteiger partial charge is 0.271 e. The van der Waals surface area contributed by atoms with E-state index in [2.05, 4.69) is 44.7 Å². The van der Waals surface area contributed by atoms with E-state index in [9.17, 15) is 8.42 Å². The van der Waals surface area contributed by atoms with E-state index in [1.54, 1.807) is 31.4 Å². The van der Waals surface area contributed by atoms with Crippen LogP contribution in [0.4, 0.5) is 11.4 Å². The van der Waals surface area contributed by atoms with Gasteiger partial charge in [0.25, 0.3) is 10.0 Å². The van der Waals surface area contributed by atoms with E-state index in [0.29, 0.717) is 17.8 Å². The molecule has 1 aliphatic heterocycles. The van der Waals surface area contributed by atoms with Crippen molar-refractivity contribution in [3.63, 3.8) is 0 Å². The van der Waals surface area contributed by atoms with E-state index in [4.69, 9.17) is 4.74 Å². The zero-order valence-corrected chi connectivity index (χ0v) is 18.0. The Morgan fingerprint density at radius 3 is 2.50 bits per heavy atom. The maximum Gasteiger partial charge on any atom is 0.271 e. The zero-order valence-electron chi connectivity index (χ0n) is 14.8. The molecule has 1 aromatic carbocycles. The van der Waals surface area contributed by atoms with Crippen LogP contribution in [0.1, 0.15) is 13.8 Å². The number of anilines is 2. The average molecular weight is 460 g/mol. The second kappa shape index (κ2) is 7.75. The summed E-state index contributed by atoms with van der Waals surface area (Å²) < 4.78 is 34.4. The van der Waals surface area contributed by atoms with Crippen LogP contribution < -0.4 is 19.7 Å². The maximum absolute atomic E-state index is 12.6. The van der Waals surface area contributed by atoms with Gasteiger partial charge in [-0.3, -0.25) is 4.72 Å². The molecule has 26 heavy (non-hydrogen) atoms. The molecule has 1 aliphatic rings. The van der Waals surface area contributed by atoms with Crippen LogP contribution in [-0.2, 0) is 10.0 Å². The lowest BCUT2D eigenvalue weighted by atomic mass is 10.1. The lowest BCUT2D eigenvalue weighted by molar-refractivity contribution is 0.391. The van der Waals surface area contributed by atoms with Gasteiger partial charge in [0.05, 0.1) is 22.3 Å². The molecule has 2 heterocycles. The van der Waals surface area contributed by atoms with Crippen molar-refractivity contribution in [2.75, 3.05) is 29.8 Å². The van der Waals surface area contributed by atoms with Crippen molar-refractivity contribution < 1.29 is 13.2 Å². The first-order valence-corrected chi connectivity index (χ1v) is 11.3. The number of hydrogen-bond donors (Lipinski definition) is 2. The Hall–Kier alpha value is -1.29. The number of hydrogen-bond acceptors (Lipinski definition) is 6. The molecule has 0 amide bonds. The van der Waals surface area contributed by atoms with Gasteiger partial charge in [0, 0.05) is 25.2 Å². The summed E-state index contributed by atoms with van der Waals surface area (Å²) >= 11 is 4.48. The van der Waals surface area contributed by atoms with E-state index in [-0.39, 0.29) is 4.21 Å². The fraction of sp³-hybridized carbons (Fsp3) is 0.412. The van der Waals surface area contributed by atoms with Gasteiger partial charge in [0.15, 0.2) is 0 Å². The summed E-state index contributed by atoms with van der Waals surface area (Å²) in [5, 5.41) is 3.50. The third-order valence-electron chi connectivity index (χ3n) is 4.14. The summed E-state index contributed by atoms with van der Waals surface area (Å²) in [4.78, 5) is 2.23. The molecule has 0 saturated carbocycles. The quantitative estimate of drug-likeness (QED) is 0.715. The van der Waals surface area contributed by atoms with Crippen LogP contribution in [0.2, 0.25) is 0 Å². The molecule has 1 fully saturated rings. The number of nitrogens with zero attached hydrogens (tertiary/aromatic N) is 1. The predicted molar refractivity (Wildman–Crippen MR) is 110 cm³/mol. The highest BCUT2D eigenvalue weighted by atomic mass is 79.9. The van der Waals surface area contributed by atoms with Crippen LogP contribution in [0.25, 0.3) is 0 Å². The third-order valence-corrected chi connectivity index (χ3v) is 7.64. The summed E-state index contributed by atoms with van der Waals surface area (Å²) in [5.41, 5.74) is 1.41. The van der Waals surface area contributed by atoms with Gasteiger partial charge in [-0.2, -0.15) is 0 Å². The number of nitrogens with one attached hydrogen (secondary N) is 2. The van der Waals surface area contributed by atoms with Gasteiger partial charge in [-0.1, -0.05) is 0 Å². The molecule has 0 aliphatic carbocycles. The van der Waals surface area contributed by atoms with Gasteiger partial charge in [-0.15, -0.1) is 11.3 Å². The van der Waals surface area contributed by atoms with Gasteiger partial charge in [0.2, 0.25) is 0 Å². The summed E-state index contributed by atoms with van der Waals surface area (Å²) in [6.07, 6.45) is 0. The minimum atomic E-state index is -3.61. The Morgan fingerprint density at radius 1 is 1.23 bits per heavy atom. The van der Waals surface area contributed by atoms with E-state index < -0.39 is 10.0 Å². The Bertz CT molecular complexity index is 875. The van der Waals surface area contributed by atoms with Crippen molar-refractivity contribution in [1.29, 1.82) is 0 Å². The van der Waals surface area contributed by atoms with E-state index >= 15 is 0 Å². The lowest BCUT2D eigenvalue weighted by Crippen LogP contribution is -2.54. The molecule has 3 rings (SSSR count). The minimum absolute atomic E-state index is 0.270. The van der Waals surface area contributed by atoms with Crippen molar-refractivity contribution >= 4 is 48.7 Å². The topological polar surface area (TPSA) is 70.7 Å². The normalized spacial score (nSPS) is 20.8. The van der Waals surface area contributed by atoms with Gasteiger partial charge in [0.1, 0.15) is 9.96 Å². The summed E-state index contributed by atoms with van der Waals surface area (Å²) in [5.74, 6) is 0.730. The second-order valence-electron chi connectivity index (χ2n) is 6.42. The molecule has 1 saturated heterocycles. The molecule has 0 spiro atoms. The van der Waals surface area contributed by atoms with Crippen LogP contribution in [0, 0.1) is 0 Å². The Labute approximate surface area is 166 Å². The van der Waals surface area contributed by atoms with Crippen LogP contribution in [0.5, 0.6) is 5.75 Å². The first kappa shape index (κ1) is 19.5. The van der Waals surface area contributed by atoms with Gasteiger partial charge in [-0.25, -0.2) is 8.42 Å². The Morgan fingerprint density at radius 2 is 1.92 bits per heavy atom. The van der Waals surface area contributed by atoms with Crippen LogP contribution >= 0.6 is 27.3 Å². The summed E-state index contributed by atoms with van der Waals surface area (Å²) in [6.45, 7) is 5.93. The monoisotopic (exact) mass is 459 g/mol. The molecule has 2 N–H and O–H groups in total. The Balaban J connectivity index is 1.90. The fourth-order valence-corrected chi connectivity index (χ4v) is 6.23. The summed E-state index contributed by atoms with van der Waals surface area (Å²) in [7, 11) is -1.99. The largest absolute Gasteiger partial charge is 0.495 e. The van der Waals surface area contributed by atoms with E-state index in [0.717, 1.165) is 28.3 Å². The maximum atomic E-state index is 12.6. The number of benzene rings is 1. The van der Waals surface area contributed by atoms with Crippen LogP contribution in [0.15, 0.2) is 38.3 Å². The highest BCUT2D eigenvalue weighted by Crippen LogP contribution is 2.34. The first-order chi connectivity index (χ1) is 12.3. The Kier molecular flexibility index (Phi) is 5.81. The number of piperazine rings is 1. The molecule has 9 heteroatoms. The summed E-state index contributed by atoms with van der Waals surface area (Å²) in [6, 6.07) is 9.35. The highest BCUT2D eigenvalue weighted by molar-refractivity contribution is 9.11. The third kappa shape index (κ3) is 4.33. The van der Waals surface area contributed by atoms with Gasteiger partial charge >= 0.3 is 0 Å². The average Bonchev–Trinajstić information content (AvgIpc) is 3.01. The van der Waals surface area contributed by atoms with Crippen molar-refractivity contribution in [3.8, 4) is 5.75 Å². The molecule has 2 aromatic rings. The predicted octanol–water partition coefficient (Wildman–Crippen LogP) is 3.51. The highest BCUT2D eigenvalue weighted by Gasteiger charge is 2.24. The van der Waals surface area contributed by atoms with Crippen molar-refractivity contribution in [2.24, 2.45) is 0 Å². The number of sulfonamides is 1. The van der Waals surface area contributed by atoms with Gasteiger partial charge < -0.3 is 15.0 Å². The molecule has 0 bridgehead atoms. The zero-order chi connectivity index (χ0) is 18.9. The molecule has 142 valence electrons. The van der Waals surface area contributed by atoms with Crippen molar-refractivity contribution in [3.05, 3.63) is 34.1 Å². The van der Waals surface area contributed by atoms with Crippen molar-refractivity contribution in [1.82, 2.24) is 5.32 Å². The number of thiophene rings is 1. The minimum Gasteiger partial charge on any atom is -0.495 e. The lowest BCUT2D eigenvalue weighted by Gasteiger charge is -2.38. The second-order valence-corrected chi connectivity index (χ2v) is 10.8. The molecule has 6 nitrogen and oxygen atoms in total. The SMILES string of the molecule is COc1ccc(NS(=O)(=O)c2ccc(Br)s2)cc1N1C[C@@H](C)N[C@@H](C)C1.